The lowest BCUT2D eigenvalue weighted by molar-refractivity contribution is 0.697. The van der Waals surface area contributed by atoms with E-state index in [-0.39, 0.29) is 24.0 Å². The molecule has 0 spiro atoms. The number of hydrogen-bond donors (Lipinski definition) is 2. The Hall–Kier alpha value is -1.31. The van der Waals surface area contributed by atoms with Gasteiger partial charge in [-0.25, -0.2) is 4.98 Å². The van der Waals surface area contributed by atoms with Crippen LogP contribution in [0.3, 0.4) is 0 Å². The Morgan fingerprint density at radius 3 is 2.84 bits per heavy atom. The van der Waals surface area contributed by atoms with Crippen LogP contribution in [0, 0.1) is 0 Å². The van der Waals surface area contributed by atoms with Gasteiger partial charge < -0.3 is 15.0 Å². The Bertz CT molecular complexity index is 514. The van der Waals surface area contributed by atoms with Crippen molar-refractivity contribution >= 4 is 35.6 Å². The van der Waals surface area contributed by atoms with Crippen LogP contribution in [-0.4, -0.2) is 28.4 Å². The van der Waals surface area contributed by atoms with E-state index in [1.54, 1.807) is 7.05 Å². The number of nitrogens with one attached hydrogen (secondary N) is 2. The average Bonchev–Trinajstić information content (AvgIpc) is 2.76. The highest BCUT2D eigenvalue weighted by molar-refractivity contribution is 14.0. The summed E-state index contributed by atoms with van der Waals surface area (Å²) in [6.45, 7) is 4.82. The Balaban J connectivity index is 0.00000180. The topological polar surface area (TPSA) is 53.7 Å². The largest absolute Gasteiger partial charge is 0.354 e. The van der Waals surface area contributed by atoms with Crippen molar-refractivity contribution in [2.24, 2.45) is 4.99 Å². The van der Waals surface area contributed by atoms with Crippen molar-refractivity contribution in [1.29, 1.82) is 0 Å². The van der Waals surface area contributed by atoms with Crippen LogP contribution in [0.15, 0.2) is 35.6 Å². The lowest BCUT2D eigenvalue weighted by Crippen LogP contribution is -2.40. The minimum atomic E-state index is 0. The predicted molar refractivity (Wildman–Crippen MR) is 89.1 cm³/mol. The SMILES string of the molecule is CN=C(NCc1cn2ccccc2n1)NC(C)C.I. The van der Waals surface area contributed by atoms with Crippen molar-refractivity contribution in [1.82, 2.24) is 20.0 Å². The maximum atomic E-state index is 4.52. The molecule has 104 valence electrons. The first kappa shape index (κ1) is 15.7. The fraction of sp³-hybridized carbons (Fsp3) is 0.385. The van der Waals surface area contributed by atoms with E-state index in [4.69, 9.17) is 0 Å². The first-order chi connectivity index (χ1) is 8.69. The molecule has 0 aliphatic carbocycles. The summed E-state index contributed by atoms with van der Waals surface area (Å²) in [6.07, 6.45) is 4.01. The zero-order valence-corrected chi connectivity index (χ0v) is 13.8. The third-order valence-electron chi connectivity index (χ3n) is 2.50. The first-order valence-electron chi connectivity index (χ1n) is 6.09. The number of halogens is 1. The molecular formula is C13H20IN5. The minimum Gasteiger partial charge on any atom is -0.354 e. The molecule has 2 aromatic rings. The third-order valence-corrected chi connectivity index (χ3v) is 2.50. The van der Waals surface area contributed by atoms with Gasteiger partial charge in [-0.15, -0.1) is 24.0 Å². The van der Waals surface area contributed by atoms with Gasteiger partial charge in [-0.2, -0.15) is 0 Å². The highest BCUT2D eigenvalue weighted by atomic mass is 127. The van der Waals surface area contributed by atoms with E-state index in [1.807, 2.05) is 35.0 Å². The molecule has 0 saturated carbocycles. The summed E-state index contributed by atoms with van der Waals surface area (Å²) in [7, 11) is 1.77. The fourth-order valence-electron chi connectivity index (χ4n) is 1.71. The third kappa shape index (κ3) is 4.38. The Morgan fingerprint density at radius 2 is 2.21 bits per heavy atom. The standard InChI is InChI=1S/C13H19N5.HI/c1-10(2)16-13(14-3)15-8-11-9-18-7-5-4-6-12(18)17-11;/h4-7,9-10H,8H2,1-3H3,(H2,14,15,16);1H. The van der Waals surface area contributed by atoms with Crippen LogP contribution in [0.1, 0.15) is 19.5 Å². The van der Waals surface area contributed by atoms with Crippen LogP contribution < -0.4 is 10.6 Å². The van der Waals surface area contributed by atoms with Crippen LogP contribution in [0.5, 0.6) is 0 Å². The second-order valence-electron chi connectivity index (χ2n) is 4.42. The van der Waals surface area contributed by atoms with E-state index in [1.165, 1.54) is 0 Å². The molecule has 6 heteroatoms. The number of rotatable bonds is 3. The highest BCUT2D eigenvalue weighted by Gasteiger charge is 2.03. The number of imidazole rings is 1. The zero-order valence-electron chi connectivity index (χ0n) is 11.4. The molecule has 0 aliphatic rings. The lowest BCUT2D eigenvalue weighted by atomic mass is 10.4. The number of guanidine groups is 1. The fourth-order valence-corrected chi connectivity index (χ4v) is 1.71. The van der Waals surface area contributed by atoms with Crippen molar-refractivity contribution in [3.63, 3.8) is 0 Å². The summed E-state index contributed by atoms with van der Waals surface area (Å²) in [5.74, 6) is 0.794. The number of fused-ring (bicyclic) bond motifs is 1. The van der Waals surface area contributed by atoms with Crippen LogP contribution in [0.25, 0.3) is 5.65 Å². The van der Waals surface area contributed by atoms with Crippen molar-refractivity contribution in [2.45, 2.75) is 26.4 Å². The van der Waals surface area contributed by atoms with Gasteiger partial charge in [-0.3, -0.25) is 4.99 Å². The lowest BCUT2D eigenvalue weighted by Gasteiger charge is -2.13. The van der Waals surface area contributed by atoms with Crippen LogP contribution >= 0.6 is 24.0 Å². The molecule has 5 nitrogen and oxygen atoms in total. The van der Waals surface area contributed by atoms with Crippen LogP contribution in [-0.2, 0) is 6.54 Å². The summed E-state index contributed by atoms with van der Waals surface area (Å²) >= 11 is 0. The van der Waals surface area contributed by atoms with Crippen LogP contribution in [0.4, 0.5) is 0 Å². The predicted octanol–water partition coefficient (Wildman–Crippen LogP) is 2.03. The van der Waals surface area contributed by atoms with Gasteiger partial charge in [-0.1, -0.05) is 6.07 Å². The molecule has 2 aromatic heterocycles. The molecule has 0 fully saturated rings. The molecule has 0 aromatic carbocycles. The number of nitrogens with zero attached hydrogens (tertiary/aromatic N) is 3. The molecule has 0 amide bonds. The molecule has 0 saturated heterocycles. The summed E-state index contributed by atoms with van der Waals surface area (Å²) in [4.78, 5) is 8.67. The zero-order chi connectivity index (χ0) is 13.0. The van der Waals surface area contributed by atoms with E-state index in [9.17, 15) is 0 Å². The normalized spacial score (nSPS) is 11.5. The van der Waals surface area contributed by atoms with E-state index in [2.05, 4.69) is 34.5 Å². The maximum absolute atomic E-state index is 4.52. The average molecular weight is 373 g/mol. The molecule has 19 heavy (non-hydrogen) atoms. The number of aromatic nitrogens is 2. The first-order valence-corrected chi connectivity index (χ1v) is 6.09. The van der Waals surface area contributed by atoms with Gasteiger partial charge in [0.2, 0.25) is 0 Å². The number of pyridine rings is 1. The van der Waals surface area contributed by atoms with Gasteiger partial charge in [0, 0.05) is 25.5 Å². The molecule has 0 bridgehead atoms. The molecule has 0 unspecified atom stereocenters. The van der Waals surface area contributed by atoms with Gasteiger partial charge in [0.25, 0.3) is 0 Å². The summed E-state index contributed by atoms with van der Waals surface area (Å²) in [6, 6.07) is 6.33. The van der Waals surface area contributed by atoms with Crippen molar-refractivity contribution in [3.8, 4) is 0 Å². The Kier molecular flexibility index (Phi) is 6.07. The van der Waals surface area contributed by atoms with E-state index >= 15 is 0 Å². The van der Waals surface area contributed by atoms with Gasteiger partial charge in [0.15, 0.2) is 5.96 Å². The van der Waals surface area contributed by atoms with Gasteiger partial charge in [0.1, 0.15) is 5.65 Å². The number of aliphatic imine (C=N–C) groups is 1. The second kappa shape index (κ2) is 7.32. The van der Waals surface area contributed by atoms with Gasteiger partial charge in [0.05, 0.1) is 12.2 Å². The summed E-state index contributed by atoms with van der Waals surface area (Å²) in [5.41, 5.74) is 1.95. The van der Waals surface area contributed by atoms with Gasteiger partial charge in [-0.05, 0) is 26.0 Å². The monoisotopic (exact) mass is 373 g/mol. The maximum Gasteiger partial charge on any atom is 0.191 e. The summed E-state index contributed by atoms with van der Waals surface area (Å²) < 4.78 is 2.01. The Labute approximate surface area is 130 Å². The van der Waals surface area contributed by atoms with Crippen molar-refractivity contribution < 1.29 is 0 Å². The quantitative estimate of drug-likeness (QED) is 0.492. The van der Waals surface area contributed by atoms with E-state index < -0.39 is 0 Å². The van der Waals surface area contributed by atoms with Gasteiger partial charge >= 0.3 is 0 Å². The smallest absolute Gasteiger partial charge is 0.191 e. The van der Waals surface area contributed by atoms with Crippen LogP contribution in [0.2, 0.25) is 0 Å². The molecule has 2 rings (SSSR count). The van der Waals surface area contributed by atoms with E-state index in [0.717, 1.165) is 17.3 Å². The van der Waals surface area contributed by atoms with Crippen molar-refractivity contribution in [3.05, 3.63) is 36.3 Å². The summed E-state index contributed by atoms with van der Waals surface area (Å²) in [5, 5.41) is 6.48. The molecule has 0 atom stereocenters. The molecule has 2 heterocycles. The molecule has 0 radical (unpaired) electrons. The molecule has 0 aliphatic heterocycles. The van der Waals surface area contributed by atoms with E-state index in [0.29, 0.717) is 12.6 Å². The molecular weight excluding hydrogens is 353 g/mol. The minimum absolute atomic E-state index is 0. The number of hydrogen-bond acceptors (Lipinski definition) is 2. The molecule has 2 N–H and O–H groups in total. The van der Waals surface area contributed by atoms with Crippen molar-refractivity contribution in [2.75, 3.05) is 7.05 Å². The second-order valence-corrected chi connectivity index (χ2v) is 4.42. The highest BCUT2D eigenvalue weighted by Crippen LogP contribution is 2.03. The Morgan fingerprint density at radius 1 is 1.42 bits per heavy atom.